The molecule has 0 spiro atoms. The van der Waals surface area contributed by atoms with Crippen LogP contribution < -0.4 is 0 Å². The Labute approximate surface area is 66.2 Å². The van der Waals surface area contributed by atoms with Crippen molar-refractivity contribution in [1.82, 2.24) is 0 Å². The van der Waals surface area contributed by atoms with Gasteiger partial charge in [0.2, 0.25) is 0 Å². The molecule has 10 heavy (non-hydrogen) atoms. The van der Waals surface area contributed by atoms with Crippen LogP contribution in [0, 0.1) is 0 Å². The van der Waals surface area contributed by atoms with Crippen LogP contribution in [0.25, 0.3) is 0 Å². The van der Waals surface area contributed by atoms with E-state index in [1.54, 1.807) is 0 Å². The number of hydrogen-bond acceptors (Lipinski definition) is 1. The highest BCUT2D eigenvalue weighted by atomic mass is 16.2. The zero-order chi connectivity index (χ0) is 8.24. The van der Waals surface area contributed by atoms with Gasteiger partial charge in [0, 0.05) is 6.61 Å². The van der Waals surface area contributed by atoms with Crippen LogP contribution in [0.2, 0.25) is 6.32 Å². The number of hydrogen-bond donors (Lipinski definition) is 1. The summed E-state index contributed by atoms with van der Waals surface area (Å²) in [4.78, 5) is 0. The van der Waals surface area contributed by atoms with Gasteiger partial charge in [-0.2, -0.15) is 0 Å². The van der Waals surface area contributed by atoms with E-state index in [-0.39, 0.29) is 0 Å². The van der Waals surface area contributed by atoms with Gasteiger partial charge in [-0.25, -0.2) is 0 Å². The van der Waals surface area contributed by atoms with Crippen molar-refractivity contribution in [2.24, 2.45) is 0 Å². The van der Waals surface area contributed by atoms with Gasteiger partial charge in [0.15, 0.2) is 0 Å². The van der Waals surface area contributed by atoms with E-state index in [4.69, 9.17) is 5.11 Å². The van der Waals surface area contributed by atoms with Crippen molar-refractivity contribution in [2.75, 3.05) is 6.61 Å². The lowest BCUT2D eigenvalue weighted by Crippen LogP contribution is -1.75. The van der Waals surface area contributed by atoms with Crippen molar-refractivity contribution in [3.63, 3.8) is 0 Å². The Morgan fingerprint density at radius 3 is 1.60 bits per heavy atom. The molecule has 0 aliphatic rings. The Morgan fingerprint density at radius 1 is 1.10 bits per heavy atom. The summed E-state index contributed by atoms with van der Waals surface area (Å²) in [6.07, 6.45) is 6.11. The van der Waals surface area contributed by atoms with Gasteiger partial charge in [0.1, 0.15) is 7.85 Å². The van der Waals surface area contributed by atoms with Crippen molar-refractivity contribution in [3.05, 3.63) is 0 Å². The van der Waals surface area contributed by atoms with Crippen LogP contribution in [0.3, 0.4) is 0 Å². The van der Waals surface area contributed by atoms with Crippen LogP contribution in [0.15, 0.2) is 0 Å². The van der Waals surface area contributed by atoms with E-state index in [0.717, 1.165) is 12.8 Å². The third-order valence-electron chi connectivity index (χ3n) is 1.22. The van der Waals surface area contributed by atoms with Gasteiger partial charge in [-0.1, -0.05) is 39.4 Å². The first-order chi connectivity index (χ1) is 4.83. The van der Waals surface area contributed by atoms with Crippen molar-refractivity contribution < 1.29 is 5.11 Å². The molecule has 0 atom stereocenters. The van der Waals surface area contributed by atoms with Gasteiger partial charge in [-0.3, -0.25) is 0 Å². The lowest BCUT2D eigenvalue weighted by molar-refractivity contribution is 0.287. The predicted octanol–water partition coefficient (Wildman–Crippen LogP) is 1.62. The van der Waals surface area contributed by atoms with Crippen molar-refractivity contribution in [2.45, 2.75) is 45.9 Å². The molecule has 1 N–H and O–H groups in total. The van der Waals surface area contributed by atoms with Crippen LogP contribution in [0.1, 0.15) is 39.5 Å². The standard InChI is InChI=1S/C4H11B.C4H10O/c2*1-2-3-4-5/h2-5H2,1H3;5H,2-4H2,1H3. The van der Waals surface area contributed by atoms with Gasteiger partial charge in [-0.15, -0.1) is 0 Å². The zero-order valence-electron chi connectivity index (χ0n) is 7.69. The summed E-state index contributed by atoms with van der Waals surface area (Å²) in [6, 6.07) is 0. The molecule has 2 heteroatoms. The monoisotopic (exact) mass is 144 g/mol. The topological polar surface area (TPSA) is 20.2 Å². The smallest absolute Gasteiger partial charge is 0.101 e. The van der Waals surface area contributed by atoms with Gasteiger partial charge in [-0.05, 0) is 6.42 Å². The molecule has 0 saturated heterocycles. The van der Waals surface area contributed by atoms with E-state index in [2.05, 4.69) is 21.7 Å². The van der Waals surface area contributed by atoms with Crippen molar-refractivity contribution in [3.8, 4) is 0 Å². The third-order valence-corrected chi connectivity index (χ3v) is 1.22. The first-order valence-electron chi connectivity index (χ1n) is 4.44. The second-order valence-electron chi connectivity index (χ2n) is 2.43. The minimum atomic E-state index is 0.344. The summed E-state index contributed by atoms with van der Waals surface area (Å²) >= 11 is 0. The Kier molecular flexibility index (Phi) is 20.3. The van der Waals surface area contributed by atoms with E-state index in [9.17, 15) is 0 Å². The molecule has 0 amide bonds. The summed E-state index contributed by atoms with van der Waals surface area (Å²) in [5.74, 6) is 0. The molecule has 0 aliphatic carbocycles. The third kappa shape index (κ3) is 24.4. The minimum absolute atomic E-state index is 0.344. The second kappa shape index (κ2) is 16.0. The Hall–Kier alpha value is 0.0249. The first kappa shape index (κ1) is 12.7. The maximum absolute atomic E-state index is 8.07. The molecule has 0 saturated carbocycles. The lowest BCUT2D eigenvalue weighted by Gasteiger charge is -1.79. The molecule has 0 aromatic rings. The summed E-state index contributed by atoms with van der Waals surface area (Å²) in [5.41, 5.74) is 0. The summed E-state index contributed by atoms with van der Waals surface area (Å²) < 4.78 is 0. The molecule has 0 aromatic heterocycles. The molecule has 1 nitrogen and oxygen atoms in total. The fourth-order valence-corrected chi connectivity index (χ4v) is 0.512. The van der Waals surface area contributed by atoms with E-state index < -0.39 is 0 Å². The Balaban J connectivity index is 0. The molecule has 0 heterocycles. The van der Waals surface area contributed by atoms with Gasteiger partial charge in [0.05, 0.1) is 0 Å². The predicted molar refractivity (Wildman–Crippen MR) is 50.3 cm³/mol. The van der Waals surface area contributed by atoms with Gasteiger partial charge >= 0.3 is 0 Å². The van der Waals surface area contributed by atoms with Crippen LogP contribution in [-0.4, -0.2) is 19.6 Å². The molecule has 0 radical (unpaired) electrons. The average Bonchev–Trinajstić information content (AvgIpc) is 1.93. The quantitative estimate of drug-likeness (QED) is 0.594. The molecule has 0 unspecified atom stereocenters. The Morgan fingerprint density at radius 2 is 1.60 bits per heavy atom. The fraction of sp³-hybridized carbons (Fsp3) is 1.00. The van der Waals surface area contributed by atoms with Crippen LogP contribution >= 0.6 is 0 Å². The first-order valence-corrected chi connectivity index (χ1v) is 4.44. The molecule has 0 aliphatic heterocycles. The SMILES string of the molecule is BCCCC.CCCCO. The zero-order valence-corrected chi connectivity index (χ0v) is 7.69. The number of unbranched alkanes of at least 4 members (excludes halogenated alkanes) is 2. The molecule has 0 rings (SSSR count). The summed E-state index contributed by atoms with van der Waals surface area (Å²) in [6.45, 7) is 4.61. The molecule has 0 bridgehead atoms. The molecular weight excluding hydrogens is 123 g/mol. The van der Waals surface area contributed by atoms with Crippen molar-refractivity contribution in [1.29, 1.82) is 0 Å². The van der Waals surface area contributed by atoms with Gasteiger partial charge < -0.3 is 5.11 Å². The summed E-state index contributed by atoms with van der Waals surface area (Å²) in [5, 5.41) is 8.07. The maximum Gasteiger partial charge on any atom is 0.101 e. The summed E-state index contributed by atoms with van der Waals surface area (Å²) in [7, 11) is 2.21. The van der Waals surface area contributed by atoms with E-state index in [1.165, 1.54) is 19.2 Å². The normalized spacial score (nSPS) is 8.30. The molecule has 0 aromatic carbocycles. The minimum Gasteiger partial charge on any atom is -0.396 e. The Bertz CT molecular complexity index is 30.2. The van der Waals surface area contributed by atoms with Crippen LogP contribution in [-0.2, 0) is 0 Å². The maximum atomic E-state index is 8.07. The van der Waals surface area contributed by atoms with E-state index in [0.29, 0.717) is 6.61 Å². The lowest BCUT2D eigenvalue weighted by atomic mass is 10.0. The van der Waals surface area contributed by atoms with E-state index in [1.807, 2.05) is 0 Å². The highest BCUT2D eigenvalue weighted by Gasteiger charge is 1.69. The van der Waals surface area contributed by atoms with Crippen molar-refractivity contribution >= 4 is 7.85 Å². The number of rotatable bonds is 4. The second-order valence-corrected chi connectivity index (χ2v) is 2.43. The molecule has 62 valence electrons. The number of aliphatic hydroxyl groups is 1. The molecular formula is C8H21BO. The number of aliphatic hydroxyl groups excluding tert-OH is 1. The average molecular weight is 144 g/mol. The molecule has 0 fully saturated rings. The van der Waals surface area contributed by atoms with E-state index >= 15 is 0 Å². The highest BCUT2D eigenvalue weighted by Crippen LogP contribution is 1.86. The fourth-order valence-electron chi connectivity index (χ4n) is 0.512. The highest BCUT2D eigenvalue weighted by molar-refractivity contribution is 6.08. The van der Waals surface area contributed by atoms with Crippen LogP contribution in [0.4, 0.5) is 0 Å². The van der Waals surface area contributed by atoms with Crippen LogP contribution in [0.5, 0.6) is 0 Å². The largest absolute Gasteiger partial charge is 0.396 e. The van der Waals surface area contributed by atoms with Gasteiger partial charge in [0.25, 0.3) is 0 Å².